The Morgan fingerprint density at radius 3 is 2.45 bits per heavy atom. The van der Waals surface area contributed by atoms with Gasteiger partial charge in [0.2, 0.25) is 0 Å². The first-order valence-corrected chi connectivity index (χ1v) is 7.48. The van der Waals surface area contributed by atoms with Crippen molar-refractivity contribution in [1.82, 2.24) is 9.80 Å². The number of hydrogen-bond donors (Lipinski definition) is 1. The molecule has 0 amide bonds. The van der Waals surface area contributed by atoms with Crippen LogP contribution in [0.5, 0.6) is 5.75 Å². The van der Waals surface area contributed by atoms with E-state index in [1.165, 1.54) is 18.5 Å². The minimum Gasteiger partial charge on any atom is -0.496 e. The highest BCUT2D eigenvalue weighted by Crippen LogP contribution is 2.22. The van der Waals surface area contributed by atoms with E-state index in [0.29, 0.717) is 0 Å². The van der Waals surface area contributed by atoms with Crippen LogP contribution in [0.4, 0.5) is 0 Å². The van der Waals surface area contributed by atoms with Crippen LogP contribution in [-0.2, 0) is 13.2 Å². The van der Waals surface area contributed by atoms with Crippen molar-refractivity contribution in [2.75, 3.05) is 39.8 Å². The van der Waals surface area contributed by atoms with Gasteiger partial charge in [-0.1, -0.05) is 13.0 Å². The molecule has 0 atom stereocenters. The third kappa shape index (κ3) is 3.95. The van der Waals surface area contributed by atoms with Gasteiger partial charge in [0.15, 0.2) is 0 Å². The van der Waals surface area contributed by atoms with E-state index in [9.17, 15) is 5.11 Å². The van der Waals surface area contributed by atoms with Crippen LogP contribution < -0.4 is 4.74 Å². The Morgan fingerprint density at radius 1 is 1.15 bits per heavy atom. The molecule has 1 heterocycles. The monoisotopic (exact) mass is 278 g/mol. The van der Waals surface area contributed by atoms with E-state index in [2.05, 4.69) is 22.8 Å². The largest absolute Gasteiger partial charge is 0.496 e. The van der Waals surface area contributed by atoms with Crippen LogP contribution in [0.2, 0.25) is 0 Å². The molecule has 1 N–H and O–H groups in total. The van der Waals surface area contributed by atoms with Crippen LogP contribution in [0.1, 0.15) is 24.5 Å². The summed E-state index contributed by atoms with van der Waals surface area (Å²) < 4.78 is 5.43. The van der Waals surface area contributed by atoms with E-state index in [4.69, 9.17) is 4.74 Å². The first-order chi connectivity index (χ1) is 9.76. The Bertz CT molecular complexity index is 415. The first-order valence-electron chi connectivity index (χ1n) is 7.48. The number of methoxy groups -OCH3 is 1. The van der Waals surface area contributed by atoms with Gasteiger partial charge in [-0.05, 0) is 30.7 Å². The number of piperazine rings is 1. The summed E-state index contributed by atoms with van der Waals surface area (Å²) in [4.78, 5) is 4.99. The van der Waals surface area contributed by atoms with Crippen molar-refractivity contribution in [3.8, 4) is 5.75 Å². The molecule has 0 unspecified atom stereocenters. The summed E-state index contributed by atoms with van der Waals surface area (Å²) >= 11 is 0. The Labute approximate surface area is 122 Å². The summed E-state index contributed by atoms with van der Waals surface area (Å²) in [7, 11) is 1.70. The SMILES string of the molecule is CCCN1CCN(Cc2cc(CO)ccc2OC)CC1. The Morgan fingerprint density at radius 2 is 1.85 bits per heavy atom. The van der Waals surface area contributed by atoms with Crippen LogP contribution in [0.25, 0.3) is 0 Å². The van der Waals surface area contributed by atoms with Crippen LogP contribution >= 0.6 is 0 Å². The fourth-order valence-electron chi connectivity index (χ4n) is 2.78. The molecule has 4 nitrogen and oxygen atoms in total. The average molecular weight is 278 g/mol. The van der Waals surface area contributed by atoms with Gasteiger partial charge in [0.05, 0.1) is 13.7 Å². The number of aliphatic hydroxyl groups excluding tert-OH is 1. The maximum Gasteiger partial charge on any atom is 0.123 e. The van der Waals surface area contributed by atoms with Gasteiger partial charge in [-0.25, -0.2) is 0 Å². The van der Waals surface area contributed by atoms with Gasteiger partial charge in [-0.15, -0.1) is 0 Å². The third-order valence-electron chi connectivity index (χ3n) is 3.93. The van der Waals surface area contributed by atoms with Crippen LogP contribution in [-0.4, -0.2) is 54.7 Å². The average Bonchev–Trinajstić information content (AvgIpc) is 2.49. The van der Waals surface area contributed by atoms with Crippen LogP contribution in [0.15, 0.2) is 18.2 Å². The maximum atomic E-state index is 9.26. The van der Waals surface area contributed by atoms with Crippen molar-refractivity contribution >= 4 is 0 Å². The molecule has 112 valence electrons. The van der Waals surface area contributed by atoms with Crippen molar-refractivity contribution in [2.45, 2.75) is 26.5 Å². The number of hydrogen-bond acceptors (Lipinski definition) is 4. The lowest BCUT2D eigenvalue weighted by atomic mass is 10.1. The maximum absolute atomic E-state index is 9.26. The topological polar surface area (TPSA) is 35.9 Å². The lowest BCUT2D eigenvalue weighted by Crippen LogP contribution is -2.46. The first kappa shape index (κ1) is 15.3. The fourth-order valence-corrected chi connectivity index (χ4v) is 2.78. The number of rotatable bonds is 6. The molecule has 2 rings (SSSR count). The highest BCUT2D eigenvalue weighted by Gasteiger charge is 2.17. The lowest BCUT2D eigenvalue weighted by Gasteiger charge is -2.34. The van der Waals surface area contributed by atoms with Gasteiger partial charge in [0.25, 0.3) is 0 Å². The number of aliphatic hydroxyl groups is 1. The molecule has 1 saturated heterocycles. The molecular weight excluding hydrogens is 252 g/mol. The predicted molar refractivity (Wildman–Crippen MR) is 80.9 cm³/mol. The molecule has 1 aromatic carbocycles. The molecule has 0 spiro atoms. The molecule has 1 aliphatic rings. The summed E-state index contributed by atoms with van der Waals surface area (Å²) in [6, 6.07) is 5.92. The molecule has 0 radical (unpaired) electrons. The van der Waals surface area contributed by atoms with E-state index in [1.807, 2.05) is 12.1 Å². The number of benzene rings is 1. The standard InChI is InChI=1S/C16H26N2O2/c1-3-6-17-7-9-18(10-8-17)12-15-11-14(13-19)4-5-16(15)20-2/h4-5,11,19H,3,6-10,12-13H2,1-2H3. The van der Waals surface area contributed by atoms with Gasteiger partial charge in [0, 0.05) is 38.3 Å². The van der Waals surface area contributed by atoms with Crippen molar-refractivity contribution in [3.63, 3.8) is 0 Å². The molecule has 0 aliphatic carbocycles. The summed E-state index contributed by atoms with van der Waals surface area (Å²) in [5.41, 5.74) is 2.12. The zero-order valence-electron chi connectivity index (χ0n) is 12.6. The smallest absolute Gasteiger partial charge is 0.123 e. The minimum absolute atomic E-state index is 0.0846. The van der Waals surface area contributed by atoms with Gasteiger partial charge in [-0.3, -0.25) is 4.90 Å². The molecule has 1 fully saturated rings. The molecule has 20 heavy (non-hydrogen) atoms. The second kappa shape index (κ2) is 7.62. The number of ether oxygens (including phenoxy) is 1. The highest BCUT2D eigenvalue weighted by atomic mass is 16.5. The van der Waals surface area contributed by atoms with E-state index >= 15 is 0 Å². The third-order valence-corrected chi connectivity index (χ3v) is 3.93. The summed E-state index contributed by atoms with van der Waals surface area (Å²) in [6.45, 7) is 8.93. The second-order valence-corrected chi connectivity index (χ2v) is 5.42. The Hall–Kier alpha value is -1.10. The van der Waals surface area contributed by atoms with Gasteiger partial charge in [-0.2, -0.15) is 0 Å². The van der Waals surface area contributed by atoms with E-state index < -0.39 is 0 Å². The molecule has 0 bridgehead atoms. The van der Waals surface area contributed by atoms with E-state index in [0.717, 1.165) is 44.0 Å². The van der Waals surface area contributed by atoms with Crippen molar-refractivity contribution < 1.29 is 9.84 Å². The number of nitrogens with zero attached hydrogens (tertiary/aromatic N) is 2. The molecular formula is C16H26N2O2. The van der Waals surface area contributed by atoms with Gasteiger partial charge in [0.1, 0.15) is 5.75 Å². The van der Waals surface area contributed by atoms with Crippen LogP contribution in [0.3, 0.4) is 0 Å². The van der Waals surface area contributed by atoms with E-state index in [1.54, 1.807) is 7.11 Å². The molecule has 0 aromatic heterocycles. The molecule has 1 aromatic rings. The molecule has 0 saturated carbocycles. The van der Waals surface area contributed by atoms with E-state index in [-0.39, 0.29) is 6.61 Å². The molecule has 1 aliphatic heterocycles. The summed E-state index contributed by atoms with van der Waals surface area (Å²) in [6.07, 6.45) is 1.23. The Balaban J connectivity index is 1.96. The molecule has 4 heteroatoms. The quantitative estimate of drug-likeness (QED) is 0.859. The summed E-state index contributed by atoms with van der Waals surface area (Å²) in [5, 5.41) is 9.26. The zero-order valence-corrected chi connectivity index (χ0v) is 12.6. The zero-order chi connectivity index (χ0) is 14.4. The minimum atomic E-state index is 0.0846. The van der Waals surface area contributed by atoms with Crippen molar-refractivity contribution in [2.24, 2.45) is 0 Å². The van der Waals surface area contributed by atoms with Crippen molar-refractivity contribution in [3.05, 3.63) is 29.3 Å². The summed E-state index contributed by atoms with van der Waals surface area (Å²) in [5.74, 6) is 0.915. The normalized spacial score (nSPS) is 17.4. The van der Waals surface area contributed by atoms with Crippen LogP contribution in [0, 0.1) is 0 Å². The van der Waals surface area contributed by atoms with Crippen molar-refractivity contribution in [1.29, 1.82) is 0 Å². The van der Waals surface area contributed by atoms with Gasteiger partial charge < -0.3 is 14.7 Å². The fraction of sp³-hybridized carbons (Fsp3) is 0.625. The highest BCUT2D eigenvalue weighted by molar-refractivity contribution is 5.37. The van der Waals surface area contributed by atoms with Gasteiger partial charge >= 0.3 is 0 Å². The Kier molecular flexibility index (Phi) is 5.83. The predicted octanol–water partition coefficient (Wildman–Crippen LogP) is 1.72. The second-order valence-electron chi connectivity index (χ2n) is 5.42. The lowest BCUT2D eigenvalue weighted by molar-refractivity contribution is 0.126.